The highest BCUT2D eigenvalue weighted by Gasteiger charge is 2.24. The maximum atomic E-state index is 12.2. The van der Waals surface area contributed by atoms with Gasteiger partial charge in [-0.15, -0.1) is 0 Å². The summed E-state index contributed by atoms with van der Waals surface area (Å²) < 4.78 is 0.827. The molecular weight excluding hydrogens is 346 g/mol. The molecule has 0 fully saturated rings. The minimum absolute atomic E-state index is 0.0376. The first-order valence-electron chi connectivity index (χ1n) is 5.56. The molecule has 0 aromatic heterocycles. The largest absolute Gasteiger partial charge is 0.346 e. The summed E-state index contributed by atoms with van der Waals surface area (Å²) in [5.74, 6) is -0.0376. The van der Waals surface area contributed by atoms with Crippen LogP contribution in [0.1, 0.15) is 36.2 Å². The number of alkyl halides is 1. The van der Waals surface area contributed by atoms with Crippen LogP contribution >= 0.6 is 31.9 Å². The summed E-state index contributed by atoms with van der Waals surface area (Å²) in [6.07, 6.45) is 0.882. The van der Waals surface area contributed by atoms with Crippen molar-refractivity contribution in [2.45, 2.75) is 32.7 Å². The Morgan fingerprint density at radius 3 is 2.65 bits per heavy atom. The van der Waals surface area contributed by atoms with Crippen molar-refractivity contribution in [2.75, 3.05) is 5.33 Å². The van der Waals surface area contributed by atoms with Crippen molar-refractivity contribution in [1.82, 2.24) is 5.32 Å². The Kier molecular flexibility index (Phi) is 5.20. The number of nitrogens with one attached hydrogen (secondary N) is 1. The quantitative estimate of drug-likeness (QED) is 0.804. The van der Waals surface area contributed by atoms with E-state index < -0.39 is 0 Å². The Morgan fingerprint density at radius 2 is 2.12 bits per heavy atom. The fourth-order valence-electron chi connectivity index (χ4n) is 1.37. The van der Waals surface area contributed by atoms with E-state index in [1.54, 1.807) is 0 Å². The summed E-state index contributed by atoms with van der Waals surface area (Å²) in [5, 5.41) is 3.80. The first-order valence-corrected chi connectivity index (χ1v) is 7.48. The molecule has 94 valence electrons. The Hall–Kier alpha value is -0.350. The lowest BCUT2D eigenvalue weighted by Gasteiger charge is -2.27. The molecule has 0 spiro atoms. The van der Waals surface area contributed by atoms with Gasteiger partial charge in [-0.05, 0) is 48.3 Å². The van der Waals surface area contributed by atoms with E-state index in [1.165, 1.54) is 0 Å². The highest BCUT2D eigenvalue weighted by Crippen LogP contribution is 2.20. The molecule has 0 saturated carbocycles. The summed E-state index contributed by atoms with van der Waals surface area (Å²) in [7, 11) is 0. The first-order chi connectivity index (χ1) is 7.91. The number of aryl methyl sites for hydroxylation is 1. The van der Waals surface area contributed by atoms with Gasteiger partial charge in [0.15, 0.2) is 0 Å². The van der Waals surface area contributed by atoms with Gasteiger partial charge in [0.05, 0.1) is 5.56 Å². The van der Waals surface area contributed by atoms with Crippen molar-refractivity contribution in [3.05, 3.63) is 33.8 Å². The third kappa shape index (κ3) is 3.81. The second kappa shape index (κ2) is 6.01. The van der Waals surface area contributed by atoms with Crippen molar-refractivity contribution in [2.24, 2.45) is 0 Å². The third-order valence-electron chi connectivity index (χ3n) is 2.86. The molecule has 0 bridgehead atoms. The van der Waals surface area contributed by atoms with Gasteiger partial charge >= 0.3 is 0 Å². The molecule has 1 aromatic rings. The van der Waals surface area contributed by atoms with E-state index in [9.17, 15) is 4.79 Å². The van der Waals surface area contributed by atoms with Gasteiger partial charge in [0.2, 0.25) is 0 Å². The monoisotopic (exact) mass is 361 g/mol. The van der Waals surface area contributed by atoms with Crippen LogP contribution in [-0.4, -0.2) is 16.8 Å². The molecule has 0 heterocycles. The molecule has 2 nitrogen and oxygen atoms in total. The van der Waals surface area contributed by atoms with Crippen molar-refractivity contribution in [3.63, 3.8) is 0 Å². The summed E-state index contributed by atoms with van der Waals surface area (Å²) in [6, 6.07) is 5.77. The zero-order chi connectivity index (χ0) is 13.1. The van der Waals surface area contributed by atoms with E-state index in [2.05, 4.69) is 44.1 Å². The summed E-state index contributed by atoms with van der Waals surface area (Å²) in [5.41, 5.74) is 1.56. The number of halogens is 2. The third-order valence-corrected chi connectivity index (χ3v) is 4.79. The van der Waals surface area contributed by atoms with Crippen LogP contribution in [0.4, 0.5) is 0 Å². The summed E-state index contributed by atoms with van der Waals surface area (Å²) in [4.78, 5) is 12.2. The molecule has 0 aliphatic carbocycles. The molecule has 1 unspecified atom stereocenters. The molecule has 0 saturated heterocycles. The average molecular weight is 363 g/mol. The van der Waals surface area contributed by atoms with Crippen LogP contribution in [0, 0.1) is 6.92 Å². The van der Waals surface area contributed by atoms with Gasteiger partial charge in [0.25, 0.3) is 5.91 Å². The van der Waals surface area contributed by atoms with Gasteiger partial charge in [-0.1, -0.05) is 34.5 Å². The van der Waals surface area contributed by atoms with Crippen molar-refractivity contribution in [1.29, 1.82) is 0 Å². The van der Waals surface area contributed by atoms with E-state index in [1.807, 2.05) is 32.0 Å². The van der Waals surface area contributed by atoms with Crippen molar-refractivity contribution >= 4 is 37.8 Å². The van der Waals surface area contributed by atoms with Crippen LogP contribution in [0.15, 0.2) is 22.7 Å². The Balaban J connectivity index is 2.94. The van der Waals surface area contributed by atoms with Crippen LogP contribution < -0.4 is 5.32 Å². The van der Waals surface area contributed by atoms with Gasteiger partial charge in [0, 0.05) is 15.3 Å². The number of rotatable bonds is 4. The van der Waals surface area contributed by atoms with Crippen molar-refractivity contribution in [3.8, 4) is 0 Å². The van der Waals surface area contributed by atoms with E-state index in [0.29, 0.717) is 5.56 Å². The molecule has 1 atom stereocenters. The van der Waals surface area contributed by atoms with Gasteiger partial charge < -0.3 is 5.32 Å². The normalized spacial score (nSPS) is 14.2. The van der Waals surface area contributed by atoms with E-state index in [4.69, 9.17) is 0 Å². The molecule has 4 heteroatoms. The number of carbonyl (C=O) groups is 1. The molecule has 1 aromatic carbocycles. The Bertz CT molecular complexity index is 414. The van der Waals surface area contributed by atoms with E-state index in [-0.39, 0.29) is 11.4 Å². The predicted molar refractivity (Wildman–Crippen MR) is 78.8 cm³/mol. The number of amides is 1. The number of carbonyl (C=O) groups excluding carboxylic acids is 1. The molecule has 17 heavy (non-hydrogen) atoms. The van der Waals surface area contributed by atoms with E-state index >= 15 is 0 Å². The predicted octanol–water partition coefficient (Wildman–Crippen LogP) is 4.05. The fourth-order valence-corrected chi connectivity index (χ4v) is 2.33. The maximum absolute atomic E-state index is 12.2. The zero-order valence-electron chi connectivity index (χ0n) is 10.3. The molecular formula is C13H17Br2NO. The van der Waals surface area contributed by atoms with Gasteiger partial charge in [-0.2, -0.15) is 0 Å². The van der Waals surface area contributed by atoms with Crippen LogP contribution in [0.3, 0.4) is 0 Å². The molecule has 1 rings (SSSR count). The van der Waals surface area contributed by atoms with Gasteiger partial charge in [0.1, 0.15) is 0 Å². The second-order valence-corrected chi connectivity index (χ2v) is 5.90. The number of hydrogen-bond acceptors (Lipinski definition) is 1. The topological polar surface area (TPSA) is 29.1 Å². The van der Waals surface area contributed by atoms with Gasteiger partial charge in [-0.3, -0.25) is 4.79 Å². The highest BCUT2D eigenvalue weighted by atomic mass is 79.9. The van der Waals surface area contributed by atoms with E-state index in [0.717, 1.165) is 21.8 Å². The molecule has 0 radical (unpaired) electrons. The number of hydrogen-bond donors (Lipinski definition) is 1. The molecule has 1 N–H and O–H groups in total. The zero-order valence-corrected chi connectivity index (χ0v) is 13.5. The fraction of sp³-hybridized carbons (Fsp3) is 0.462. The van der Waals surface area contributed by atoms with Crippen LogP contribution in [-0.2, 0) is 0 Å². The summed E-state index contributed by atoms with van der Waals surface area (Å²) >= 11 is 6.85. The lowest BCUT2D eigenvalue weighted by atomic mass is 10.0. The highest BCUT2D eigenvalue weighted by molar-refractivity contribution is 9.10. The average Bonchev–Trinajstić information content (AvgIpc) is 2.32. The van der Waals surface area contributed by atoms with Crippen LogP contribution in [0.2, 0.25) is 0 Å². The molecule has 1 amide bonds. The lowest BCUT2D eigenvalue weighted by Crippen LogP contribution is -2.47. The molecule has 0 aliphatic heterocycles. The summed E-state index contributed by atoms with van der Waals surface area (Å²) in [6.45, 7) is 6.07. The Morgan fingerprint density at radius 1 is 1.47 bits per heavy atom. The minimum atomic E-state index is -0.208. The number of benzene rings is 1. The molecule has 0 aliphatic rings. The van der Waals surface area contributed by atoms with Gasteiger partial charge in [-0.25, -0.2) is 0 Å². The minimum Gasteiger partial charge on any atom is -0.346 e. The van der Waals surface area contributed by atoms with Crippen LogP contribution in [0.25, 0.3) is 0 Å². The SMILES string of the molecule is CCC(C)(CBr)NC(=O)c1cc(C)ccc1Br. The Labute approximate surface area is 119 Å². The first kappa shape index (κ1) is 14.7. The van der Waals surface area contributed by atoms with Crippen molar-refractivity contribution < 1.29 is 4.79 Å². The standard InChI is InChI=1S/C13H17Br2NO/c1-4-13(3,8-14)16-12(17)10-7-9(2)5-6-11(10)15/h5-7H,4,8H2,1-3H3,(H,16,17). The second-order valence-electron chi connectivity index (χ2n) is 4.49. The lowest BCUT2D eigenvalue weighted by molar-refractivity contribution is 0.0912. The maximum Gasteiger partial charge on any atom is 0.252 e. The smallest absolute Gasteiger partial charge is 0.252 e. The van der Waals surface area contributed by atoms with Crippen LogP contribution in [0.5, 0.6) is 0 Å².